The van der Waals surface area contributed by atoms with Crippen molar-refractivity contribution in [1.29, 1.82) is 0 Å². The lowest BCUT2D eigenvalue weighted by molar-refractivity contribution is 0.148. The van der Waals surface area contributed by atoms with Crippen LogP contribution in [0.3, 0.4) is 0 Å². The smallest absolute Gasteiger partial charge is 0.266 e. The molecule has 1 aliphatic carbocycles. The van der Waals surface area contributed by atoms with Gasteiger partial charge < -0.3 is 5.32 Å². The highest BCUT2D eigenvalue weighted by atomic mass is 16.1. The van der Waals surface area contributed by atoms with Crippen molar-refractivity contribution in [3.8, 4) is 0 Å². The summed E-state index contributed by atoms with van der Waals surface area (Å²) in [5.74, 6) is 1.01. The molecule has 2 aliphatic rings. The highest BCUT2D eigenvalue weighted by Gasteiger charge is 2.23. The van der Waals surface area contributed by atoms with Gasteiger partial charge >= 0.3 is 0 Å². The number of nitrogens with zero attached hydrogens (tertiary/aromatic N) is 5. The highest BCUT2D eigenvalue weighted by Crippen LogP contribution is 2.25. The van der Waals surface area contributed by atoms with Gasteiger partial charge in [-0.1, -0.05) is 6.42 Å². The molecule has 0 bridgehead atoms. The summed E-state index contributed by atoms with van der Waals surface area (Å²) >= 11 is 0. The third-order valence-corrected chi connectivity index (χ3v) is 5.73. The number of rotatable bonds is 6. The van der Waals surface area contributed by atoms with E-state index in [1.807, 2.05) is 6.92 Å². The van der Waals surface area contributed by atoms with Gasteiger partial charge in [0.15, 0.2) is 0 Å². The molecule has 7 nitrogen and oxygen atoms in total. The number of piperidine rings is 1. The molecule has 1 aliphatic heterocycles. The molecule has 4 rings (SSSR count). The monoisotopic (exact) mass is 368 g/mol. The van der Waals surface area contributed by atoms with Crippen LogP contribution in [0.25, 0.3) is 0 Å². The molecule has 7 heteroatoms. The van der Waals surface area contributed by atoms with E-state index in [0.717, 1.165) is 44.0 Å². The van der Waals surface area contributed by atoms with Crippen LogP contribution in [0.4, 0.5) is 5.82 Å². The van der Waals surface area contributed by atoms with Gasteiger partial charge in [0.2, 0.25) is 0 Å². The van der Waals surface area contributed by atoms with Crippen molar-refractivity contribution in [2.75, 3.05) is 25.0 Å². The summed E-state index contributed by atoms with van der Waals surface area (Å²) in [4.78, 5) is 23.4. The van der Waals surface area contributed by atoms with Crippen LogP contribution in [0, 0.1) is 6.92 Å². The normalized spacial score (nSPS) is 19.8. The van der Waals surface area contributed by atoms with E-state index in [-0.39, 0.29) is 5.56 Å². The second-order valence-electron chi connectivity index (χ2n) is 7.60. The Morgan fingerprint density at radius 1 is 1.15 bits per heavy atom. The number of fused-ring (bicyclic) bond motifs is 1. The van der Waals surface area contributed by atoms with Crippen LogP contribution < -0.4 is 10.9 Å². The Balaban J connectivity index is 1.38. The van der Waals surface area contributed by atoms with Gasteiger partial charge in [-0.2, -0.15) is 5.10 Å². The molecule has 0 aromatic carbocycles. The zero-order chi connectivity index (χ0) is 18.6. The zero-order valence-electron chi connectivity index (χ0n) is 16.0. The topological polar surface area (TPSA) is 75.9 Å². The van der Waals surface area contributed by atoms with Gasteiger partial charge in [-0.3, -0.25) is 9.69 Å². The van der Waals surface area contributed by atoms with Gasteiger partial charge in [-0.15, -0.1) is 0 Å². The average molecular weight is 368 g/mol. The Kier molecular flexibility index (Phi) is 5.48. The van der Waals surface area contributed by atoms with Crippen molar-refractivity contribution in [3.63, 3.8) is 0 Å². The number of aromatic nitrogens is 4. The molecule has 0 radical (unpaired) electrons. The average Bonchev–Trinajstić information content (AvgIpc) is 3.17. The SMILES string of the molecule is Cc1ccc(=O)n(CCN2CCCCC2CNc2ncnc3c2CCC3)n1. The van der Waals surface area contributed by atoms with E-state index in [9.17, 15) is 4.79 Å². The van der Waals surface area contributed by atoms with E-state index in [1.165, 1.54) is 36.9 Å². The number of aryl methyl sites for hydroxylation is 2. The van der Waals surface area contributed by atoms with Crippen molar-refractivity contribution in [1.82, 2.24) is 24.6 Å². The van der Waals surface area contributed by atoms with E-state index < -0.39 is 0 Å². The van der Waals surface area contributed by atoms with Gasteiger partial charge in [0.05, 0.1) is 12.2 Å². The van der Waals surface area contributed by atoms with Gasteiger partial charge in [0, 0.05) is 36.5 Å². The summed E-state index contributed by atoms with van der Waals surface area (Å²) in [5.41, 5.74) is 3.36. The largest absolute Gasteiger partial charge is 0.368 e. The number of hydrogen-bond donors (Lipinski definition) is 1. The molecule has 0 spiro atoms. The quantitative estimate of drug-likeness (QED) is 0.838. The van der Waals surface area contributed by atoms with Crippen LogP contribution >= 0.6 is 0 Å². The molecule has 1 saturated heterocycles. The first kappa shape index (κ1) is 18.1. The molecule has 3 heterocycles. The summed E-state index contributed by atoms with van der Waals surface area (Å²) in [6.07, 6.45) is 8.66. The fraction of sp³-hybridized carbons (Fsp3) is 0.600. The third-order valence-electron chi connectivity index (χ3n) is 5.73. The van der Waals surface area contributed by atoms with Crippen LogP contribution in [0.2, 0.25) is 0 Å². The van der Waals surface area contributed by atoms with Crippen molar-refractivity contribution in [2.45, 2.75) is 58.0 Å². The third kappa shape index (κ3) is 4.18. The fourth-order valence-electron chi connectivity index (χ4n) is 4.25. The number of likely N-dealkylation sites (tertiary alicyclic amines) is 1. The number of hydrogen-bond acceptors (Lipinski definition) is 6. The summed E-state index contributed by atoms with van der Waals surface area (Å²) < 4.78 is 1.59. The van der Waals surface area contributed by atoms with Gasteiger partial charge in [-0.25, -0.2) is 14.6 Å². The first-order valence-electron chi connectivity index (χ1n) is 10.1. The maximum absolute atomic E-state index is 12.0. The van der Waals surface area contributed by atoms with Crippen molar-refractivity contribution < 1.29 is 0 Å². The molecular weight excluding hydrogens is 340 g/mol. The van der Waals surface area contributed by atoms with Crippen LogP contribution in [-0.4, -0.2) is 50.3 Å². The summed E-state index contributed by atoms with van der Waals surface area (Å²) in [6.45, 7) is 5.38. The van der Waals surface area contributed by atoms with Crippen LogP contribution in [0.5, 0.6) is 0 Å². The number of nitrogens with one attached hydrogen (secondary N) is 1. The maximum atomic E-state index is 12.0. The molecule has 27 heavy (non-hydrogen) atoms. The van der Waals surface area contributed by atoms with Crippen LogP contribution in [-0.2, 0) is 19.4 Å². The number of anilines is 1. The molecule has 2 aromatic heterocycles. The summed E-state index contributed by atoms with van der Waals surface area (Å²) in [5, 5.41) is 7.95. The van der Waals surface area contributed by atoms with Gasteiger partial charge in [0.1, 0.15) is 12.1 Å². The first-order chi connectivity index (χ1) is 13.2. The molecular formula is C20H28N6O. The molecule has 1 unspecified atom stereocenters. The van der Waals surface area contributed by atoms with Crippen LogP contribution in [0.1, 0.15) is 42.6 Å². The van der Waals surface area contributed by atoms with Crippen molar-refractivity contribution >= 4 is 5.82 Å². The Morgan fingerprint density at radius 2 is 2.07 bits per heavy atom. The zero-order valence-corrected chi connectivity index (χ0v) is 16.0. The second kappa shape index (κ2) is 8.17. The van der Waals surface area contributed by atoms with Crippen molar-refractivity contribution in [3.05, 3.63) is 45.8 Å². The predicted molar refractivity (Wildman–Crippen MR) is 105 cm³/mol. The Hall–Kier alpha value is -2.28. The van der Waals surface area contributed by atoms with E-state index in [1.54, 1.807) is 23.1 Å². The van der Waals surface area contributed by atoms with E-state index >= 15 is 0 Å². The van der Waals surface area contributed by atoms with Crippen LogP contribution in [0.15, 0.2) is 23.3 Å². The molecule has 0 saturated carbocycles. The molecule has 0 amide bonds. The molecule has 144 valence electrons. The minimum absolute atomic E-state index is 0.0242. The Morgan fingerprint density at radius 3 is 3.00 bits per heavy atom. The first-order valence-corrected chi connectivity index (χ1v) is 10.1. The molecule has 2 aromatic rings. The van der Waals surface area contributed by atoms with Gasteiger partial charge in [0.25, 0.3) is 5.56 Å². The van der Waals surface area contributed by atoms with E-state index in [2.05, 4.69) is 25.3 Å². The Bertz CT molecular complexity index is 849. The summed E-state index contributed by atoms with van der Waals surface area (Å²) in [7, 11) is 0. The standard InChI is InChI=1S/C20H28N6O/c1-15-8-9-19(27)26(24-15)12-11-25-10-3-2-5-16(25)13-21-20-17-6-4-7-18(17)22-14-23-20/h8-9,14,16H,2-7,10-13H2,1H3,(H,21,22,23). The molecule has 1 atom stereocenters. The van der Waals surface area contributed by atoms with E-state index in [4.69, 9.17) is 0 Å². The minimum Gasteiger partial charge on any atom is -0.368 e. The molecule has 1 N–H and O–H groups in total. The lowest BCUT2D eigenvalue weighted by atomic mass is 10.0. The highest BCUT2D eigenvalue weighted by molar-refractivity contribution is 5.48. The second-order valence-corrected chi connectivity index (χ2v) is 7.60. The maximum Gasteiger partial charge on any atom is 0.266 e. The predicted octanol–water partition coefficient (Wildman–Crippen LogP) is 1.80. The lowest BCUT2D eigenvalue weighted by Crippen LogP contribution is -2.45. The van der Waals surface area contributed by atoms with E-state index in [0.29, 0.717) is 12.6 Å². The fourth-order valence-corrected chi connectivity index (χ4v) is 4.25. The van der Waals surface area contributed by atoms with Gasteiger partial charge in [-0.05, 0) is 51.6 Å². The molecule has 1 fully saturated rings. The van der Waals surface area contributed by atoms with Crippen molar-refractivity contribution in [2.24, 2.45) is 0 Å². The minimum atomic E-state index is -0.0242. The Labute approximate surface area is 159 Å². The summed E-state index contributed by atoms with van der Waals surface area (Å²) in [6, 6.07) is 3.84. The lowest BCUT2D eigenvalue weighted by Gasteiger charge is -2.36.